The van der Waals surface area contributed by atoms with Crippen LogP contribution in [0.5, 0.6) is 0 Å². The number of benzene rings is 6. The van der Waals surface area contributed by atoms with E-state index in [4.69, 9.17) is 19.9 Å². The topological polar surface area (TPSA) is 51.6 Å². The summed E-state index contributed by atoms with van der Waals surface area (Å²) < 4.78 is 0. The predicted molar refractivity (Wildman–Crippen MR) is 234 cm³/mol. The van der Waals surface area contributed by atoms with Crippen molar-refractivity contribution in [3.8, 4) is 56.4 Å². The average molecular weight is 759 g/mol. The fraction of sp³-hybridized carbons (Fsp3) is 0.200. The molecule has 6 aliphatic rings. The molecule has 14 rings (SSSR count). The van der Waals surface area contributed by atoms with E-state index in [2.05, 4.69) is 158 Å². The van der Waals surface area contributed by atoms with Crippen LogP contribution in [0.1, 0.15) is 65.6 Å². The van der Waals surface area contributed by atoms with Crippen molar-refractivity contribution in [3.63, 3.8) is 0 Å². The van der Waals surface area contributed by atoms with Crippen LogP contribution in [0.2, 0.25) is 0 Å². The van der Waals surface area contributed by atoms with Gasteiger partial charge in [0, 0.05) is 33.9 Å². The lowest BCUT2D eigenvalue weighted by Crippen LogP contribution is -2.55. The molecular weight excluding hydrogens is 717 g/mol. The molecule has 2 heterocycles. The molecule has 4 bridgehead atoms. The van der Waals surface area contributed by atoms with Gasteiger partial charge in [0.15, 0.2) is 17.5 Å². The van der Waals surface area contributed by atoms with E-state index in [0.29, 0.717) is 29.3 Å². The summed E-state index contributed by atoms with van der Waals surface area (Å²) in [6, 6.07) is 59.6. The lowest BCUT2D eigenvalue weighted by Gasteiger charge is -2.60. The van der Waals surface area contributed by atoms with Crippen molar-refractivity contribution >= 4 is 0 Å². The number of rotatable bonds is 5. The second kappa shape index (κ2) is 12.5. The van der Waals surface area contributed by atoms with Crippen LogP contribution in [-0.4, -0.2) is 19.9 Å². The van der Waals surface area contributed by atoms with Crippen LogP contribution in [0.25, 0.3) is 56.4 Å². The summed E-state index contributed by atoms with van der Waals surface area (Å²) in [5, 5.41) is 0. The first-order valence-electron chi connectivity index (χ1n) is 21.5. The normalized spacial score (nSPS) is 23.5. The first-order chi connectivity index (χ1) is 29.2. The second-order valence-electron chi connectivity index (χ2n) is 17.8. The van der Waals surface area contributed by atoms with Crippen molar-refractivity contribution < 1.29 is 0 Å². The summed E-state index contributed by atoms with van der Waals surface area (Å²) in [5.74, 6) is 5.13. The van der Waals surface area contributed by atoms with E-state index < -0.39 is 5.41 Å². The fourth-order valence-electron chi connectivity index (χ4n) is 13.0. The molecule has 4 saturated carbocycles. The zero-order valence-electron chi connectivity index (χ0n) is 32.8. The third-order valence-corrected chi connectivity index (χ3v) is 15.0. The molecule has 4 nitrogen and oxygen atoms in total. The summed E-state index contributed by atoms with van der Waals surface area (Å²) in [7, 11) is 0. The maximum Gasteiger partial charge on any atom is 0.164 e. The first-order valence-corrected chi connectivity index (χ1v) is 21.5. The summed E-state index contributed by atoms with van der Waals surface area (Å²) in [4.78, 5) is 21.1. The monoisotopic (exact) mass is 758 g/mol. The van der Waals surface area contributed by atoms with Gasteiger partial charge in [0.1, 0.15) is 0 Å². The van der Waals surface area contributed by atoms with Crippen molar-refractivity contribution in [2.75, 3.05) is 0 Å². The van der Waals surface area contributed by atoms with Crippen LogP contribution < -0.4 is 0 Å². The molecule has 282 valence electrons. The molecule has 0 unspecified atom stereocenters. The average Bonchev–Trinajstić information content (AvgIpc) is 3.76. The number of hydrogen-bond acceptors (Lipinski definition) is 4. The zero-order valence-corrected chi connectivity index (χ0v) is 32.8. The SMILES string of the molecule is c1ccc(-c2nc(-c3ccc4c(c3)-c3cccnc3C43C4CC5CC(C4)CC3C5)nc(-c3ccc4c(c3)C(c3ccccc3)(c3ccccc3)c3ccccc3-4)n2)cc1. The first kappa shape index (κ1) is 33.5. The summed E-state index contributed by atoms with van der Waals surface area (Å²) >= 11 is 0. The van der Waals surface area contributed by atoms with Gasteiger partial charge in [-0.1, -0.05) is 146 Å². The van der Waals surface area contributed by atoms with Crippen molar-refractivity contribution in [1.29, 1.82) is 0 Å². The van der Waals surface area contributed by atoms with E-state index in [-0.39, 0.29) is 5.41 Å². The smallest absolute Gasteiger partial charge is 0.164 e. The van der Waals surface area contributed by atoms with Gasteiger partial charge in [-0.15, -0.1) is 0 Å². The minimum absolute atomic E-state index is 0.0172. The molecule has 0 amide bonds. The molecule has 4 fully saturated rings. The maximum atomic E-state index is 5.39. The van der Waals surface area contributed by atoms with Crippen LogP contribution in [0.4, 0.5) is 0 Å². The number of nitrogens with zero attached hydrogens (tertiary/aromatic N) is 4. The van der Waals surface area contributed by atoms with Gasteiger partial charge in [0.25, 0.3) is 0 Å². The van der Waals surface area contributed by atoms with Gasteiger partial charge in [-0.05, 0) is 118 Å². The van der Waals surface area contributed by atoms with E-state index in [9.17, 15) is 0 Å². The predicted octanol–water partition coefficient (Wildman–Crippen LogP) is 12.4. The van der Waals surface area contributed by atoms with Crippen LogP contribution in [0, 0.1) is 23.7 Å². The Bertz CT molecular complexity index is 2890. The number of aromatic nitrogens is 4. The van der Waals surface area contributed by atoms with Crippen molar-refractivity contribution in [2.24, 2.45) is 23.7 Å². The van der Waals surface area contributed by atoms with E-state index >= 15 is 0 Å². The maximum absolute atomic E-state index is 5.39. The third-order valence-electron chi connectivity index (χ3n) is 15.0. The number of pyridine rings is 1. The highest BCUT2D eigenvalue weighted by molar-refractivity contribution is 5.88. The lowest BCUT2D eigenvalue weighted by molar-refractivity contribution is -0.0415. The standard InChI is InChI=1S/C55H42N4/c1-4-13-36(14-5-1)51-57-52(37-23-25-48-46(32-37)45-20-12-26-56-50(45)55(48)41-28-34-27-35(30-41)31-42(55)29-34)59-53(58-51)38-22-24-44-43-19-10-11-21-47(43)54(49(44)33-38,39-15-6-2-7-16-39)40-17-8-3-9-18-40/h1-26,32-35,41-42H,27-31H2. The van der Waals surface area contributed by atoms with Crippen molar-refractivity contribution in [3.05, 3.63) is 203 Å². The largest absolute Gasteiger partial charge is 0.260 e. The van der Waals surface area contributed by atoms with Gasteiger partial charge in [-0.2, -0.15) is 0 Å². The molecule has 2 aromatic heterocycles. The molecule has 6 aromatic carbocycles. The quantitative estimate of drug-likeness (QED) is 0.175. The van der Waals surface area contributed by atoms with E-state index in [0.717, 1.165) is 28.5 Å². The minimum Gasteiger partial charge on any atom is -0.260 e. The Labute approximate surface area is 345 Å². The molecule has 1 spiro atoms. The second-order valence-corrected chi connectivity index (χ2v) is 17.8. The Hall–Kier alpha value is -6.52. The minimum atomic E-state index is -0.516. The Balaban J connectivity index is 1.01. The van der Waals surface area contributed by atoms with Crippen LogP contribution in [-0.2, 0) is 10.8 Å². The summed E-state index contributed by atoms with van der Waals surface area (Å²) in [5.41, 5.74) is 15.4. The zero-order chi connectivity index (χ0) is 38.7. The molecule has 6 aliphatic carbocycles. The summed E-state index contributed by atoms with van der Waals surface area (Å²) in [6.45, 7) is 0. The van der Waals surface area contributed by atoms with Crippen LogP contribution in [0.15, 0.2) is 170 Å². The van der Waals surface area contributed by atoms with Gasteiger partial charge < -0.3 is 0 Å². The molecule has 4 heteroatoms. The highest BCUT2D eigenvalue weighted by atomic mass is 15.0. The molecule has 0 atom stereocenters. The summed E-state index contributed by atoms with van der Waals surface area (Å²) in [6.07, 6.45) is 8.81. The highest BCUT2D eigenvalue weighted by Crippen LogP contribution is 2.69. The molecule has 0 saturated heterocycles. The van der Waals surface area contributed by atoms with Gasteiger partial charge in [0.2, 0.25) is 0 Å². The lowest BCUT2D eigenvalue weighted by atomic mass is 9.43. The molecule has 59 heavy (non-hydrogen) atoms. The molecule has 0 aliphatic heterocycles. The van der Waals surface area contributed by atoms with E-state index in [1.807, 2.05) is 12.3 Å². The Kier molecular flexibility index (Phi) is 7.08. The highest BCUT2D eigenvalue weighted by Gasteiger charge is 2.62. The van der Waals surface area contributed by atoms with Gasteiger partial charge >= 0.3 is 0 Å². The molecule has 0 N–H and O–H groups in total. The Morgan fingerprint density at radius 1 is 0.390 bits per heavy atom. The third kappa shape index (κ3) is 4.60. The van der Waals surface area contributed by atoms with E-state index in [1.165, 1.54) is 87.9 Å². The number of fused-ring (bicyclic) bond motifs is 6. The van der Waals surface area contributed by atoms with Crippen molar-refractivity contribution in [1.82, 2.24) is 19.9 Å². The Morgan fingerprint density at radius 2 is 0.932 bits per heavy atom. The van der Waals surface area contributed by atoms with Gasteiger partial charge in [0.05, 0.1) is 11.1 Å². The fourth-order valence-corrected chi connectivity index (χ4v) is 13.0. The molecule has 0 radical (unpaired) electrons. The molecule has 8 aromatic rings. The number of hydrogen-bond donors (Lipinski definition) is 0. The van der Waals surface area contributed by atoms with Crippen LogP contribution in [0.3, 0.4) is 0 Å². The van der Waals surface area contributed by atoms with Crippen molar-refractivity contribution in [2.45, 2.75) is 42.9 Å². The van der Waals surface area contributed by atoms with Crippen LogP contribution >= 0.6 is 0 Å². The van der Waals surface area contributed by atoms with E-state index in [1.54, 1.807) is 0 Å². The van der Waals surface area contributed by atoms with Gasteiger partial charge in [-0.3, -0.25) is 4.98 Å². The Morgan fingerprint density at radius 3 is 1.61 bits per heavy atom. The molecular formula is C55H42N4. The van der Waals surface area contributed by atoms with Gasteiger partial charge in [-0.25, -0.2) is 15.0 Å².